The number of halogens is 2. The van der Waals surface area contributed by atoms with Gasteiger partial charge in [-0.05, 0) is 18.2 Å². The van der Waals surface area contributed by atoms with Crippen molar-refractivity contribution in [3.8, 4) is 0 Å². The minimum absolute atomic E-state index is 0.225. The Morgan fingerprint density at radius 2 is 2.00 bits per heavy atom. The molecule has 0 bridgehead atoms. The topological polar surface area (TPSA) is 101 Å². The molecular weight excluding hydrogens is 266 g/mol. The average Bonchev–Trinajstić information content (AvgIpc) is 2.84. The lowest BCUT2D eigenvalue weighted by Gasteiger charge is -2.10. The van der Waals surface area contributed by atoms with Gasteiger partial charge in [-0.1, -0.05) is 0 Å². The average molecular weight is 274 g/mol. The van der Waals surface area contributed by atoms with Crippen molar-refractivity contribution >= 4 is 21.4 Å². The van der Waals surface area contributed by atoms with Crippen LogP contribution in [0.2, 0.25) is 0 Å². The zero-order valence-corrected chi connectivity index (χ0v) is 9.63. The monoisotopic (exact) mass is 274 g/mol. The maximum absolute atomic E-state index is 13.4. The van der Waals surface area contributed by atoms with Crippen molar-refractivity contribution in [3.05, 3.63) is 36.0 Å². The highest BCUT2D eigenvalue weighted by molar-refractivity contribution is 7.92. The molecule has 0 radical (unpaired) electrons. The Hall–Kier alpha value is -2.16. The molecule has 0 aliphatic heterocycles. The van der Waals surface area contributed by atoms with Gasteiger partial charge >= 0.3 is 0 Å². The largest absolute Gasteiger partial charge is 0.397 e. The van der Waals surface area contributed by atoms with Crippen LogP contribution >= 0.6 is 0 Å². The molecule has 0 spiro atoms. The molecule has 0 aliphatic carbocycles. The number of nitrogen functional groups attached to an aromatic ring is 1. The van der Waals surface area contributed by atoms with E-state index in [1.165, 1.54) is 6.20 Å². The van der Waals surface area contributed by atoms with Crippen LogP contribution in [-0.4, -0.2) is 18.6 Å². The normalized spacial score (nSPS) is 11.4. The molecule has 0 amide bonds. The van der Waals surface area contributed by atoms with Crippen molar-refractivity contribution in [2.24, 2.45) is 0 Å². The zero-order chi connectivity index (χ0) is 13.3. The second-order valence-corrected chi connectivity index (χ2v) is 5.00. The van der Waals surface area contributed by atoms with Crippen LogP contribution in [0, 0.1) is 11.6 Å². The van der Waals surface area contributed by atoms with Crippen molar-refractivity contribution < 1.29 is 17.2 Å². The van der Waals surface area contributed by atoms with Gasteiger partial charge in [0.05, 0.1) is 11.9 Å². The first-order valence-corrected chi connectivity index (χ1v) is 6.16. The first-order valence-electron chi connectivity index (χ1n) is 4.67. The molecule has 0 unspecified atom stereocenters. The van der Waals surface area contributed by atoms with E-state index in [9.17, 15) is 17.2 Å². The molecule has 1 aromatic heterocycles. The number of benzene rings is 1. The maximum atomic E-state index is 13.4. The van der Waals surface area contributed by atoms with Crippen molar-refractivity contribution in [1.29, 1.82) is 0 Å². The Kier molecular flexibility index (Phi) is 2.91. The Bertz CT molecular complexity index is 670. The van der Waals surface area contributed by atoms with E-state index < -0.39 is 27.3 Å². The second kappa shape index (κ2) is 4.26. The number of rotatable bonds is 3. The molecule has 2 aromatic rings. The summed E-state index contributed by atoms with van der Waals surface area (Å²) in [6, 6.07) is 3.03. The molecule has 0 fully saturated rings. The number of aromatic nitrogens is 2. The van der Waals surface area contributed by atoms with Gasteiger partial charge in [-0.15, -0.1) is 0 Å². The summed E-state index contributed by atoms with van der Waals surface area (Å²) < 4.78 is 51.8. The Labute approximate surface area is 101 Å². The van der Waals surface area contributed by atoms with E-state index in [2.05, 4.69) is 10.2 Å². The van der Waals surface area contributed by atoms with Crippen molar-refractivity contribution in [2.45, 2.75) is 5.03 Å². The van der Waals surface area contributed by atoms with E-state index in [1.807, 2.05) is 4.72 Å². The molecule has 0 aliphatic rings. The number of H-pyrrole nitrogens is 1. The summed E-state index contributed by atoms with van der Waals surface area (Å²) in [4.78, 5) is 0. The Morgan fingerprint density at radius 1 is 1.28 bits per heavy atom. The fourth-order valence-corrected chi connectivity index (χ4v) is 2.25. The lowest BCUT2D eigenvalue weighted by molar-refractivity contribution is 0.512. The van der Waals surface area contributed by atoms with Gasteiger partial charge in [0.2, 0.25) is 0 Å². The summed E-state index contributed by atoms with van der Waals surface area (Å²) in [6.45, 7) is 0. The van der Waals surface area contributed by atoms with Gasteiger partial charge in [0, 0.05) is 0 Å². The van der Waals surface area contributed by atoms with Crippen LogP contribution in [0.25, 0.3) is 0 Å². The van der Waals surface area contributed by atoms with Gasteiger partial charge < -0.3 is 5.73 Å². The molecule has 6 nitrogen and oxygen atoms in total. The first-order chi connectivity index (χ1) is 8.42. The number of nitrogens with zero attached hydrogens (tertiary/aromatic N) is 1. The highest BCUT2D eigenvalue weighted by atomic mass is 32.2. The van der Waals surface area contributed by atoms with E-state index in [1.54, 1.807) is 0 Å². The van der Waals surface area contributed by atoms with E-state index in [0.717, 1.165) is 18.2 Å². The molecule has 0 saturated heterocycles. The van der Waals surface area contributed by atoms with Gasteiger partial charge in [-0.2, -0.15) is 13.5 Å². The van der Waals surface area contributed by atoms with Crippen molar-refractivity contribution in [3.63, 3.8) is 0 Å². The summed E-state index contributed by atoms with van der Waals surface area (Å²) in [5, 5.41) is 5.36. The summed E-state index contributed by atoms with van der Waals surface area (Å²) >= 11 is 0. The van der Waals surface area contributed by atoms with Crippen LogP contribution < -0.4 is 10.5 Å². The standard InChI is InChI=1S/C9H8F2N4O2S/c10-5-1-2-6(12)9(8(5)11)15-18(16,17)7-3-4-13-14-7/h1-4,15H,12H2,(H,13,14). The molecular formula is C9H8F2N4O2S. The summed E-state index contributed by atoms with van der Waals surface area (Å²) in [5.74, 6) is -2.57. The van der Waals surface area contributed by atoms with E-state index >= 15 is 0 Å². The fourth-order valence-electron chi connectivity index (χ4n) is 1.25. The number of hydrogen-bond donors (Lipinski definition) is 3. The number of sulfonamides is 1. The van der Waals surface area contributed by atoms with Crippen molar-refractivity contribution in [1.82, 2.24) is 10.2 Å². The number of anilines is 2. The smallest absolute Gasteiger partial charge is 0.278 e. The molecule has 1 aromatic carbocycles. The molecule has 1 heterocycles. The molecule has 0 saturated carbocycles. The molecule has 2 rings (SSSR count). The van der Waals surface area contributed by atoms with Crippen LogP contribution in [0.3, 0.4) is 0 Å². The molecule has 4 N–H and O–H groups in total. The van der Waals surface area contributed by atoms with Gasteiger partial charge in [0.15, 0.2) is 16.7 Å². The molecule has 96 valence electrons. The maximum Gasteiger partial charge on any atom is 0.278 e. The first kappa shape index (κ1) is 12.3. The highest BCUT2D eigenvalue weighted by Gasteiger charge is 2.21. The third kappa shape index (κ3) is 2.12. The number of hydrogen-bond acceptors (Lipinski definition) is 4. The lowest BCUT2D eigenvalue weighted by Crippen LogP contribution is -2.16. The summed E-state index contributed by atoms with van der Waals surface area (Å²) in [5.41, 5.74) is 4.53. The highest BCUT2D eigenvalue weighted by Crippen LogP contribution is 2.26. The predicted octanol–water partition coefficient (Wildman–Crippen LogP) is 1.07. The van der Waals surface area contributed by atoms with Gasteiger partial charge in [-0.3, -0.25) is 9.82 Å². The third-order valence-electron chi connectivity index (χ3n) is 2.13. The van der Waals surface area contributed by atoms with E-state index in [-0.39, 0.29) is 10.7 Å². The van der Waals surface area contributed by atoms with Crippen LogP contribution in [-0.2, 0) is 10.0 Å². The third-order valence-corrected chi connectivity index (χ3v) is 3.41. The quantitative estimate of drug-likeness (QED) is 0.729. The van der Waals surface area contributed by atoms with Gasteiger partial charge in [-0.25, -0.2) is 8.78 Å². The molecule has 9 heteroatoms. The van der Waals surface area contributed by atoms with E-state index in [0.29, 0.717) is 0 Å². The predicted molar refractivity (Wildman–Crippen MR) is 60.2 cm³/mol. The zero-order valence-electron chi connectivity index (χ0n) is 8.81. The number of aromatic amines is 1. The van der Waals surface area contributed by atoms with Gasteiger partial charge in [0.1, 0.15) is 5.69 Å². The van der Waals surface area contributed by atoms with Gasteiger partial charge in [0.25, 0.3) is 10.0 Å². The lowest BCUT2D eigenvalue weighted by atomic mass is 10.2. The van der Waals surface area contributed by atoms with Crippen LogP contribution in [0.15, 0.2) is 29.4 Å². The van der Waals surface area contributed by atoms with E-state index in [4.69, 9.17) is 5.73 Å². The van der Waals surface area contributed by atoms with Crippen LogP contribution in [0.4, 0.5) is 20.2 Å². The second-order valence-electron chi connectivity index (χ2n) is 3.35. The minimum atomic E-state index is -4.09. The fraction of sp³-hybridized carbons (Fsp3) is 0. The summed E-state index contributed by atoms with van der Waals surface area (Å²) in [7, 11) is -4.09. The number of nitrogens with two attached hydrogens (primary N) is 1. The van der Waals surface area contributed by atoms with Crippen LogP contribution in [0.5, 0.6) is 0 Å². The number of nitrogens with one attached hydrogen (secondary N) is 2. The van der Waals surface area contributed by atoms with Crippen LogP contribution in [0.1, 0.15) is 0 Å². The summed E-state index contributed by atoms with van der Waals surface area (Å²) in [6.07, 6.45) is 1.21. The Morgan fingerprint density at radius 3 is 2.61 bits per heavy atom. The molecule has 0 atom stereocenters. The van der Waals surface area contributed by atoms with Crippen molar-refractivity contribution in [2.75, 3.05) is 10.5 Å². The Balaban J connectivity index is 2.45. The molecule has 18 heavy (non-hydrogen) atoms. The minimum Gasteiger partial charge on any atom is -0.397 e. The SMILES string of the molecule is Nc1ccc(F)c(F)c1NS(=O)(=O)c1ccn[nH]1.